The fourth-order valence-electron chi connectivity index (χ4n) is 2.67. The lowest BCUT2D eigenvalue weighted by Gasteiger charge is -2.19. The van der Waals surface area contributed by atoms with Crippen molar-refractivity contribution in [1.82, 2.24) is 10.6 Å². The monoisotopic (exact) mass is 341 g/mol. The smallest absolute Gasteiger partial charge is 0.239 e. The topological polar surface area (TPSA) is 84.2 Å². The molecule has 5 nitrogen and oxygen atoms in total. The predicted octanol–water partition coefficient (Wildman–Crippen LogP) is 2.51. The number of hydrogen-bond acceptors (Lipinski definition) is 3. The minimum absolute atomic E-state index is 0.0427. The number of nitrogens with two attached hydrogens (primary N) is 1. The van der Waals surface area contributed by atoms with Gasteiger partial charge in [-0.25, -0.2) is 0 Å². The molecule has 0 saturated carbocycles. The van der Waals surface area contributed by atoms with Gasteiger partial charge in [-0.3, -0.25) is 9.59 Å². The molecule has 2 rings (SSSR count). The zero-order chi connectivity index (χ0) is 18.4. The van der Waals surface area contributed by atoms with E-state index in [2.05, 4.69) is 10.6 Å². The third-order valence-electron chi connectivity index (χ3n) is 3.88. The molecule has 1 atom stereocenters. The molecule has 0 heterocycles. The quantitative estimate of drug-likeness (QED) is 0.755. The molecule has 4 N–H and O–H groups in total. The van der Waals surface area contributed by atoms with Crippen LogP contribution in [0.3, 0.4) is 0 Å². The van der Waals surface area contributed by atoms with Gasteiger partial charge in [-0.05, 0) is 27.8 Å². The number of hydrogen-bond donors (Lipinski definition) is 3. The van der Waals surface area contributed by atoms with Crippen molar-refractivity contribution in [2.45, 2.75) is 33.2 Å². The van der Waals surface area contributed by atoms with E-state index in [0.717, 1.165) is 16.3 Å². The molecule has 0 bridgehead atoms. The van der Waals surface area contributed by atoms with E-state index in [4.69, 9.17) is 5.73 Å². The molecule has 0 aromatic heterocycles. The third kappa shape index (κ3) is 5.87. The van der Waals surface area contributed by atoms with Gasteiger partial charge in [-0.15, -0.1) is 0 Å². The summed E-state index contributed by atoms with van der Waals surface area (Å²) in [5, 5.41) is 7.79. The molecule has 2 amide bonds. The number of carbonyl (C=O) groups excluding carboxylic acids is 2. The molecule has 2 aromatic carbocycles. The summed E-state index contributed by atoms with van der Waals surface area (Å²) in [6, 6.07) is 13.8. The maximum atomic E-state index is 12.1. The van der Waals surface area contributed by atoms with E-state index >= 15 is 0 Å². The van der Waals surface area contributed by atoms with Gasteiger partial charge in [0.15, 0.2) is 0 Å². The Morgan fingerprint density at radius 2 is 1.72 bits per heavy atom. The summed E-state index contributed by atoms with van der Waals surface area (Å²) in [5.74, 6) is -0.372. The largest absolute Gasteiger partial charge is 0.347 e. The van der Waals surface area contributed by atoms with Crippen molar-refractivity contribution in [3.05, 3.63) is 48.0 Å². The highest BCUT2D eigenvalue weighted by Gasteiger charge is 2.17. The normalized spacial score (nSPS) is 12.6. The van der Waals surface area contributed by atoms with Gasteiger partial charge < -0.3 is 16.4 Å². The number of amides is 2. The summed E-state index contributed by atoms with van der Waals surface area (Å²) in [6.45, 7) is 6.20. The Balaban J connectivity index is 1.96. The predicted molar refractivity (Wildman–Crippen MR) is 101 cm³/mol. The Morgan fingerprint density at radius 1 is 1.04 bits per heavy atom. The molecule has 1 unspecified atom stereocenters. The zero-order valence-corrected chi connectivity index (χ0v) is 15.1. The van der Waals surface area contributed by atoms with Crippen molar-refractivity contribution < 1.29 is 9.59 Å². The number of fused-ring (bicyclic) bond motifs is 1. The average molecular weight is 341 g/mol. The van der Waals surface area contributed by atoms with Gasteiger partial charge in [0.1, 0.15) is 0 Å². The number of benzene rings is 2. The second-order valence-corrected chi connectivity index (χ2v) is 7.48. The fourth-order valence-corrected chi connectivity index (χ4v) is 2.67. The standard InChI is InChI=1S/C20H27N3O2/c1-20(2,3)11-18(24)22-13-19(25)23-17(12-21)16-9-8-14-6-4-5-7-15(14)10-16/h4-10,17H,11-13,21H2,1-3H3,(H,22,24)(H,23,25). The van der Waals surface area contributed by atoms with Gasteiger partial charge >= 0.3 is 0 Å². The van der Waals surface area contributed by atoms with Crippen LogP contribution in [0.4, 0.5) is 0 Å². The van der Waals surface area contributed by atoms with E-state index in [1.807, 2.05) is 63.2 Å². The van der Waals surface area contributed by atoms with Crippen molar-refractivity contribution >= 4 is 22.6 Å². The van der Waals surface area contributed by atoms with E-state index < -0.39 is 0 Å². The van der Waals surface area contributed by atoms with Gasteiger partial charge in [0.05, 0.1) is 12.6 Å². The SMILES string of the molecule is CC(C)(C)CC(=O)NCC(=O)NC(CN)c1ccc2ccccc2c1. The Bertz CT molecular complexity index is 750. The Labute approximate surface area is 149 Å². The molecule has 2 aromatic rings. The number of carbonyl (C=O) groups is 2. The maximum Gasteiger partial charge on any atom is 0.239 e. The lowest BCUT2D eigenvalue weighted by molar-refractivity contribution is -0.127. The van der Waals surface area contributed by atoms with E-state index in [1.54, 1.807) is 0 Å². The molecule has 25 heavy (non-hydrogen) atoms. The lowest BCUT2D eigenvalue weighted by Crippen LogP contribution is -2.41. The molecular weight excluding hydrogens is 314 g/mol. The molecule has 0 fully saturated rings. The van der Waals surface area contributed by atoms with Crippen molar-refractivity contribution in [2.75, 3.05) is 13.1 Å². The van der Waals surface area contributed by atoms with Crippen LogP contribution in [-0.2, 0) is 9.59 Å². The number of rotatable bonds is 6. The van der Waals surface area contributed by atoms with Gasteiger partial charge in [0.25, 0.3) is 0 Å². The highest BCUT2D eigenvalue weighted by Crippen LogP contribution is 2.20. The second kappa shape index (κ2) is 8.12. The zero-order valence-electron chi connectivity index (χ0n) is 15.1. The molecule has 5 heteroatoms. The van der Waals surface area contributed by atoms with Crippen LogP contribution in [0.1, 0.15) is 38.8 Å². The van der Waals surface area contributed by atoms with Crippen LogP contribution in [0.15, 0.2) is 42.5 Å². The average Bonchev–Trinajstić information content (AvgIpc) is 2.56. The Hall–Kier alpha value is -2.40. The first-order chi connectivity index (χ1) is 11.8. The summed E-state index contributed by atoms with van der Waals surface area (Å²) in [7, 11) is 0. The van der Waals surface area contributed by atoms with E-state index in [9.17, 15) is 9.59 Å². The second-order valence-electron chi connectivity index (χ2n) is 7.48. The molecule has 0 aliphatic carbocycles. The summed E-state index contributed by atoms with van der Waals surface area (Å²) in [4.78, 5) is 24.0. The molecule has 0 saturated heterocycles. The lowest BCUT2D eigenvalue weighted by atomic mass is 9.92. The molecule has 0 spiro atoms. The summed E-state index contributed by atoms with van der Waals surface area (Å²) < 4.78 is 0. The highest BCUT2D eigenvalue weighted by atomic mass is 16.2. The van der Waals surface area contributed by atoms with Crippen molar-refractivity contribution in [3.63, 3.8) is 0 Å². The molecule has 134 valence electrons. The summed E-state index contributed by atoms with van der Waals surface area (Å²) >= 11 is 0. The van der Waals surface area contributed by atoms with Crippen LogP contribution in [0.25, 0.3) is 10.8 Å². The minimum Gasteiger partial charge on any atom is -0.347 e. The molecule has 0 aliphatic heterocycles. The molecular formula is C20H27N3O2. The first-order valence-corrected chi connectivity index (χ1v) is 8.53. The fraction of sp³-hybridized carbons (Fsp3) is 0.400. The van der Waals surface area contributed by atoms with Crippen LogP contribution < -0.4 is 16.4 Å². The third-order valence-corrected chi connectivity index (χ3v) is 3.88. The van der Waals surface area contributed by atoms with Crippen LogP contribution in [0.2, 0.25) is 0 Å². The van der Waals surface area contributed by atoms with Crippen molar-refractivity contribution in [2.24, 2.45) is 11.1 Å². The Kier molecular flexibility index (Phi) is 6.15. The summed E-state index contributed by atoms with van der Waals surface area (Å²) in [6.07, 6.45) is 0.380. The van der Waals surface area contributed by atoms with E-state index in [1.165, 1.54) is 0 Å². The molecule has 0 aliphatic rings. The highest BCUT2D eigenvalue weighted by molar-refractivity contribution is 5.86. The van der Waals surface area contributed by atoms with Gasteiger partial charge in [-0.1, -0.05) is 57.2 Å². The van der Waals surface area contributed by atoms with Crippen LogP contribution in [-0.4, -0.2) is 24.9 Å². The van der Waals surface area contributed by atoms with Crippen LogP contribution >= 0.6 is 0 Å². The van der Waals surface area contributed by atoms with Crippen LogP contribution in [0, 0.1) is 5.41 Å². The van der Waals surface area contributed by atoms with Gasteiger partial charge in [-0.2, -0.15) is 0 Å². The Morgan fingerprint density at radius 3 is 2.36 bits per heavy atom. The first-order valence-electron chi connectivity index (χ1n) is 8.53. The number of nitrogens with one attached hydrogen (secondary N) is 2. The molecule has 0 radical (unpaired) electrons. The van der Waals surface area contributed by atoms with Crippen molar-refractivity contribution in [3.8, 4) is 0 Å². The van der Waals surface area contributed by atoms with E-state index in [0.29, 0.717) is 13.0 Å². The van der Waals surface area contributed by atoms with E-state index in [-0.39, 0.29) is 29.8 Å². The van der Waals surface area contributed by atoms with Gasteiger partial charge in [0, 0.05) is 13.0 Å². The van der Waals surface area contributed by atoms with Crippen LogP contribution in [0.5, 0.6) is 0 Å². The summed E-state index contributed by atoms with van der Waals surface area (Å²) in [5.41, 5.74) is 6.68. The first kappa shape index (κ1) is 18.9. The minimum atomic E-state index is -0.281. The maximum absolute atomic E-state index is 12.1. The van der Waals surface area contributed by atoms with Gasteiger partial charge in [0.2, 0.25) is 11.8 Å². The van der Waals surface area contributed by atoms with Crippen molar-refractivity contribution in [1.29, 1.82) is 0 Å².